The van der Waals surface area contributed by atoms with E-state index >= 15 is 0 Å². The number of carbonyl (C=O) groups is 1. The molecule has 1 heterocycles. The minimum Gasteiger partial charge on any atom is -0.443 e. The Morgan fingerprint density at radius 1 is 1.55 bits per heavy atom. The average Bonchev–Trinajstić information content (AvgIpc) is 2.33. The second-order valence-electron chi connectivity index (χ2n) is 5.13. The van der Waals surface area contributed by atoms with Crippen molar-refractivity contribution >= 4 is 34.0 Å². The van der Waals surface area contributed by atoms with Crippen LogP contribution in [0.15, 0.2) is 18.3 Å². The van der Waals surface area contributed by atoms with Crippen LogP contribution in [0.1, 0.15) is 20.8 Å². The molecule has 0 saturated carbocycles. The molecule has 0 aliphatic rings. The van der Waals surface area contributed by atoms with Crippen LogP contribution in [0.5, 0.6) is 0 Å². The van der Waals surface area contributed by atoms with E-state index in [1.807, 2.05) is 0 Å². The van der Waals surface area contributed by atoms with Gasteiger partial charge in [-0.3, -0.25) is 20.3 Å². The van der Waals surface area contributed by atoms with Gasteiger partial charge in [0.2, 0.25) is 0 Å². The molecule has 0 aromatic carbocycles. The van der Waals surface area contributed by atoms with E-state index in [1.54, 1.807) is 33.0 Å². The van der Waals surface area contributed by atoms with E-state index in [2.05, 4.69) is 15.9 Å². The number of alkyl halides is 1. The summed E-state index contributed by atoms with van der Waals surface area (Å²) < 4.78 is 6.69. The van der Waals surface area contributed by atoms with Crippen LogP contribution in [0.3, 0.4) is 0 Å². The van der Waals surface area contributed by atoms with Crippen molar-refractivity contribution in [3.63, 3.8) is 0 Å². The van der Waals surface area contributed by atoms with Gasteiger partial charge in [0.05, 0.1) is 12.0 Å². The Labute approximate surface area is 126 Å². The van der Waals surface area contributed by atoms with Gasteiger partial charge >= 0.3 is 6.09 Å². The normalized spacial score (nSPS) is 11.0. The first kappa shape index (κ1) is 16.4. The van der Waals surface area contributed by atoms with E-state index in [0.717, 1.165) is 6.34 Å². The van der Waals surface area contributed by atoms with Crippen LogP contribution in [-0.2, 0) is 4.74 Å². The molecule has 1 aromatic rings. The fourth-order valence-corrected chi connectivity index (χ4v) is 1.86. The minimum absolute atomic E-state index is 0.126. The Balaban J connectivity index is 3.07. The number of nitrogens with one attached hydrogen (secondary N) is 2. The van der Waals surface area contributed by atoms with Crippen molar-refractivity contribution in [2.45, 2.75) is 26.4 Å². The average molecular weight is 343 g/mol. The van der Waals surface area contributed by atoms with Crippen molar-refractivity contribution in [1.82, 2.24) is 4.57 Å². The monoisotopic (exact) mass is 342 g/mol. The van der Waals surface area contributed by atoms with Crippen LogP contribution >= 0.6 is 15.9 Å². The molecule has 0 unspecified atom stereocenters. The molecule has 0 saturated heterocycles. The van der Waals surface area contributed by atoms with Gasteiger partial charge in [-0.1, -0.05) is 15.9 Å². The number of hydrogen-bond acceptors (Lipinski definition) is 4. The second-order valence-corrected chi connectivity index (χ2v) is 5.92. The van der Waals surface area contributed by atoms with Crippen molar-refractivity contribution < 1.29 is 9.53 Å². The van der Waals surface area contributed by atoms with Gasteiger partial charge in [0, 0.05) is 24.1 Å². The number of amides is 1. The van der Waals surface area contributed by atoms with Crippen molar-refractivity contribution in [3.8, 4) is 0 Å². The fraction of sp³-hybridized carbons (Fsp3) is 0.462. The number of anilines is 1. The highest BCUT2D eigenvalue weighted by atomic mass is 79.9. The van der Waals surface area contributed by atoms with E-state index in [9.17, 15) is 4.79 Å². The number of carbonyl (C=O) groups excluding carboxylic acids is 1. The van der Waals surface area contributed by atoms with Crippen LogP contribution in [0.2, 0.25) is 0 Å². The summed E-state index contributed by atoms with van der Waals surface area (Å²) in [5.41, 5.74) is 0.122. The predicted molar refractivity (Wildman–Crippen MR) is 81.8 cm³/mol. The molecule has 2 N–H and O–H groups in total. The van der Waals surface area contributed by atoms with Crippen molar-refractivity contribution in [3.05, 3.63) is 23.8 Å². The van der Waals surface area contributed by atoms with E-state index < -0.39 is 11.7 Å². The third kappa shape index (κ3) is 4.48. The van der Waals surface area contributed by atoms with Gasteiger partial charge in [0.15, 0.2) is 0 Å². The molecule has 1 amide bonds. The number of hydrogen-bond donors (Lipinski definition) is 2. The second kappa shape index (κ2) is 6.69. The molecule has 0 radical (unpaired) electrons. The first-order valence-electron chi connectivity index (χ1n) is 6.12. The number of nitrogens with zero attached hydrogens (tertiary/aromatic N) is 2. The van der Waals surface area contributed by atoms with Crippen LogP contribution < -0.4 is 10.4 Å². The lowest BCUT2D eigenvalue weighted by atomic mass is 10.2. The van der Waals surface area contributed by atoms with Crippen molar-refractivity contribution in [2.24, 2.45) is 0 Å². The van der Waals surface area contributed by atoms with E-state index in [1.165, 1.54) is 15.5 Å². The summed E-state index contributed by atoms with van der Waals surface area (Å²) in [7, 11) is 0. The standard InChI is InChI=1S/C13H19BrN4O2/c1-13(2,3)20-12(19)18(7-5-14)10-4-6-17(9-15)11(16)8-10/h4,6,8-9,15-16H,5,7H2,1-3H3. The van der Waals surface area contributed by atoms with E-state index in [-0.39, 0.29) is 5.49 Å². The highest BCUT2D eigenvalue weighted by Gasteiger charge is 2.23. The molecule has 1 aromatic heterocycles. The summed E-state index contributed by atoms with van der Waals surface area (Å²) in [6, 6.07) is 3.20. The van der Waals surface area contributed by atoms with Crippen molar-refractivity contribution in [1.29, 1.82) is 10.8 Å². The third-order valence-electron chi connectivity index (χ3n) is 2.34. The van der Waals surface area contributed by atoms with Crippen LogP contribution in [0.4, 0.5) is 10.5 Å². The summed E-state index contributed by atoms with van der Waals surface area (Å²) in [5.74, 6) is 0. The number of rotatable bonds is 4. The highest BCUT2D eigenvalue weighted by molar-refractivity contribution is 9.09. The Hall–Kier alpha value is -1.63. The zero-order valence-electron chi connectivity index (χ0n) is 11.8. The first-order valence-corrected chi connectivity index (χ1v) is 7.24. The van der Waals surface area contributed by atoms with Gasteiger partial charge in [0.1, 0.15) is 11.1 Å². The van der Waals surface area contributed by atoms with Gasteiger partial charge in [-0.15, -0.1) is 0 Å². The van der Waals surface area contributed by atoms with Gasteiger partial charge in [0.25, 0.3) is 0 Å². The molecule has 6 nitrogen and oxygen atoms in total. The smallest absolute Gasteiger partial charge is 0.414 e. The summed E-state index contributed by atoms with van der Waals surface area (Å²) in [5, 5.41) is 15.5. The molecule has 110 valence electrons. The Bertz CT molecular complexity index is 548. The van der Waals surface area contributed by atoms with Gasteiger partial charge in [-0.25, -0.2) is 4.79 Å². The van der Waals surface area contributed by atoms with Crippen LogP contribution in [0.25, 0.3) is 0 Å². The third-order valence-corrected chi connectivity index (χ3v) is 2.70. The van der Waals surface area contributed by atoms with Crippen LogP contribution in [0, 0.1) is 10.8 Å². The number of aromatic nitrogens is 1. The predicted octanol–water partition coefficient (Wildman–Crippen LogP) is 2.56. The lowest BCUT2D eigenvalue weighted by Crippen LogP contribution is -2.38. The number of halogens is 1. The van der Waals surface area contributed by atoms with Crippen molar-refractivity contribution in [2.75, 3.05) is 16.8 Å². The maximum atomic E-state index is 12.2. The van der Waals surface area contributed by atoms with E-state index in [0.29, 0.717) is 17.6 Å². The zero-order chi connectivity index (χ0) is 15.3. The molecule has 0 aliphatic carbocycles. The first-order chi connectivity index (χ1) is 9.28. The van der Waals surface area contributed by atoms with Gasteiger partial charge in [-0.2, -0.15) is 0 Å². The molecule has 0 atom stereocenters. The largest absolute Gasteiger partial charge is 0.443 e. The quantitative estimate of drug-likeness (QED) is 0.500. The summed E-state index contributed by atoms with van der Waals surface area (Å²) in [4.78, 5) is 13.6. The molecular weight excluding hydrogens is 324 g/mol. The Morgan fingerprint density at radius 3 is 2.65 bits per heavy atom. The molecule has 1 rings (SSSR count). The Kier molecular flexibility index (Phi) is 5.50. The maximum Gasteiger partial charge on any atom is 0.414 e. The molecule has 0 aliphatic heterocycles. The molecule has 0 spiro atoms. The lowest BCUT2D eigenvalue weighted by Gasteiger charge is -2.27. The highest BCUT2D eigenvalue weighted by Crippen LogP contribution is 2.16. The number of ether oxygens (including phenoxy) is 1. The SMILES string of the molecule is CC(C)(C)OC(=O)N(CCBr)c1ccn(C=N)c(=N)c1. The topological polar surface area (TPSA) is 82.2 Å². The van der Waals surface area contributed by atoms with Gasteiger partial charge < -0.3 is 4.74 Å². The molecule has 0 fully saturated rings. The maximum absolute atomic E-state index is 12.2. The fourth-order valence-electron chi connectivity index (χ4n) is 1.51. The summed E-state index contributed by atoms with van der Waals surface area (Å²) in [6.45, 7) is 5.85. The molecule has 20 heavy (non-hydrogen) atoms. The molecule has 0 bridgehead atoms. The molecular formula is C13H19BrN4O2. The number of pyridine rings is 1. The Morgan fingerprint density at radius 2 is 2.20 bits per heavy atom. The minimum atomic E-state index is -0.574. The summed E-state index contributed by atoms with van der Waals surface area (Å²) >= 11 is 3.30. The van der Waals surface area contributed by atoms with Crippen LogP contribution in [-0.4, -0.2) is 34.5 Å². The molecule has 7 heteroatoms. The summed E-state index contributed by atoms with van der Waals surface area (Å²) in [6.07, 6.45) is 2.15. The lowest BCUT2D eigenvalue weighted by molar-refractivity contribution is 0.0582. The van der Waals surface area contributed by atoms with E-state index in [4.69, 9.17) is 15.6 Å². The van der Waals surface area contributed by atoms with Gasteiger partial charge in [-0.05, 0) is 26.8 Å². The zero-order valence-corrected chi connectivity index (χ0v) is 13.4.